The molecule has 2 aliphatic rings. The summed E-state index contributed by atoms with van der Waals surface area (Å²) in [4.78, 5) is 8.60. The smallest absolute Gasteiger partial charge is 0.201 e. The summed E-state index contributed by atoms with van der Waals surface area (Å²) in [7, 11) is 1.35. The van der Waals surface area contributed by atoms with Crippen LogP contribution < -0.4 is 4.74 Å². The monoisotopic (exact) mass is 477 g/mol. The van der Waals surface area contributed by atoms with Crippen LogP contribution in [0.2, 0.25) is 0 Å². The number of fused-ring (bicyclic) bond motifs is 2. The Hall–Kier alpha value is -2.70. The molecule has 5 rings (SSSR count). The first-order valence-electron chi connectivity index (χ1n) is 10.8. The lowest BCUT2D eigenvalue weighted by atomic mass is 9.98. The molecule has 2 saturated heterocycles. The maximum Gasteiger partial charge on any atom is 0.201 e. The van der Waals surface area contributed by atoms with E-state index in [2.05, 4.69) is 9.97 Å². The zero-order valence-electron chi connectivity index (χ0n) is 19.1. The van der Waals surface area contributed by atoms with Crippen molar-refractivity contribution >= 4 is 11.0 Å². The second-order valence-corrected chi connectivity index (χ2v) is 8.75. The van der Waals surface area contributed by atoms with E-state index in [4.69, 9.17) is 23.7 Å². The van der Waals surface area contributed by atoms with Crippen molar-refractivity contribution in [1.82, 2.24) is 14.5 Å². The number of hydrogen-bond acceptors (Lipinski definition) is 8. The van der Waals surface area contributed by atoms with E-state index < -0.39 is 53.8 Å². The number of halogens is 2. The summed E-state index contributed by atoms with van der Waals surface area (Å²) in [5.41, 5.74) is 1.45. The Morgan fingerprint density at radius 3 is 2.71 bits per heavy atom. The minimum absolute atomic E-state index is 0.00388. The van der Waals surface area contributed by atoms with Crippen LogP contribution in [0.1, 0.15) is 37.4 Å². The molecule has 1 N–H and O–H groups in total. The van der Waals surface area contributed by atoms with E-state index in [-0.39, 0.29) is 12.4 Å². The fourth-order valence-corrected chi connectivity index (χ4v) is 4.61. The molecular formula is C23H25F2N3O6. The van der Waals surface area contributed by atoms with Gasteiger partial charge in [-0.1, -0.05) is 0 Å². The van der Waals surface area contributed by atoms with Crippen LogP contribution in [0.5, 0.6) is 5.75 Å². The zero-order valence-corrected chi connectivity index (χ0v) is 19.1. The highest BCUT2D eigenvalue weighted by Crippen LogP contribution is 2.48. The van der Waals surface area contributed by atoms with E-state index in [1.165, 1.54) is 19.5 Å². The van der Waals surface area contributed by atoms with E-state index in [1.807, 2.05) is 19.2 Å². The highest BCUT2D eigenvalue weighted by atomic mass is 19.2. The third-order valence-electron chi connectivity index (χ3n) is 6.08. The molecule has 1 unspecified atom stereocenters. The Morgan fingerprint density at radius 1 is 1.18 bits per heavy atom. The predicted molar refractivity (Wildman–Crippen MR) is 114 cm³/mol. The standard InChI is InChI=1S/C23H25F2N3O6/c1-11-12-7-8-28(21(12)27-9-26-11)22-20-19(33-23(2,3)34-20)18(32-22)16(29)13-5-6-14(24)15(25)17(13)31-10-30-4/h5-9,16,18-20,22,29H,10H2,1-4H3/t16?,18-,19-,20-,22-/m1/s1. The fourth-order valence-electron chi connectivity index (χ4n) is 4.61. The molecule has 0 aliphatic carbocycles. The summed E-state index contributed by atoms with van der Waals surface area (Å²) < 4.78 is 58.8. The second kappa shape index (κ2) is 8.51. The number of benzene rings is 1. The Morgan fingerprint density at radius 2 is 1.94 bits per heavy atom. The molecule has 2 aromatic heterocycles. The molecule has 0 bridgehead atoms. The lowest BCUT2D eigenvalue weighted by Crippen LogP contribution is -2.34. The molecule has 11 heteroatoms. The van der Waals surface area contributed by atoms with Gasteiger partial charge in [-0.3, -0.25) is 0 Å². The van der Waals surface area contributed by atoms with Crippen LogP contribution in [-0.2, 0) is 18.9 Å². The Balaban J connectivity index is 1.54. The van der Waals surface area contributed by atoms with Crippen LogP contribution in [0.3, 0.4) is 0 Å². The number of aryl methyl sites for hydroxylation is 1. The first kappa shape index (κ1) is 23.1. The van der Waals surface area contributed by atoms with Crippen molar-refractivity contribution < 1.29 is 37.6 Å². The van der Waals surface area contributed by atoms with E-state index in [0.29, 0.717) is 5.65 Å². The van der Waals surface area contributed by atoms with Crippen LogP contribution in [0.4, 0.5) is 8.78 Å². The van der Waals surface area contributed by atoms with Crippen molar-refractivity contribution in [2.45, 2.75) is 57.2 Å². The number of methoxy groups -OCH3 is 1. The average Bonchev–Trinajstić information content (AvgIpc) is 3.45. The summed E-state index contributed by atoms with van der Waals surface area (Å²) >= 11 is 0. The number of aliphatic hydroxyl groups is 1. The summed E-state index contributed by atoms with van der Waals surface area (Å²) in [6.45, 7) is 5.07. The zero-order chi connectivity index (χ0) is 24.2. The van der Waals surface area contributed by atoms with Gasteiger partial charge in [0, 0.05) is 24.3 Å². The third-order valence-corrected chi connectivity index (χ3v) is 6.08. The van der Waals surface area contributed by atoms with Gasteiger partial charge in [0.1, 0.15) is 36.4 Å². The van der Waals surface area contributed by atoms with E-state index in [0.717, 1.165) is 17.1 Å². The van der Waals surface area contributed by atoms with Gasteiger partial charge in [-0.15, -0.1) is 0 Å². The summed E-state index contributed by atoms with van der Waals surface area (Å²) in [6, 6.07) is 4.05. The highest BCUT2D eigenvalue weighted by Gasteiger charge is 2.58. The van der Waals surface area contributed by atoms with Crippen molar-refractivity contribution in [3.63, 3.8) is 0 Å². The van der Waals surface area contributed by atoms with Crippen molar-refractivity contribution in [2.75, 3.05) is 13.9 Å². The summed E-state index contributed by atoms with van der Waals surface area (Å²) in [5, 5.41) is 12.1. The molecule has 4 heterocycles. The quantitative estimate of drug-likeness (QED) is 0.541. The van der Waals surface area contributed by atoms with Gasteiger partial charge in [-0.05, 0) is 39.0 Å². The normalized spacial score (nSPS) is 26.7. The van der Waals surface area contributed by atoms with Crippen molar-refractivity contribution in [3.05, 3.63) is 53.6 Å². The third kappa shape index (κ3) is 3.73. The van der Waals surface area contributed by atoms with Crippen LogP contribution in [0.25, 0.3) is 11.0 Å². The van der Waals surface area contributed by atoms with Crippen LogP contribution in [-0.4, -0.2) is 57.6 Å². The van der Waals surface area contributed by atoms with E-state index >= 15 is 0 Å². The average molecular weight is 477 g/mol. The largest absolute Gasteiger partial charge is 0.464 e. The van der Waals surface area contributed by atoms with Gasteiger partial charge >= 0.3 is 0 Å². The SMILES string of the molecule is COCOc1c(C(O)[C@H]2O[C@@H](n3ccc4c(C)ncnc43)[C@@H]3OC(C)(C)O[C@@H]32)ccc(F)c1F. The van der Waals surface area contributed by atoms with Crippen molar-refractivity contribution in [2.24, 2.45) is 0 Å². The van der Waals surface area contributed by atoms with Gasteiger partial charge in [0.05, 0.1) is 5.69 Å². The van der Waals surface area contributed by atoms with Crippen LogP contribution in [0.15, 0.2) is 30.7 Å². The molecule has 34 heavy (non-hydrogen) atoms. The topological polar surface area (TPSA) is 97.1 Å². The van der Waals surface area contributed by atoms with E-state index in [1.54, 1.807) is 18.4 Å². The van der Waals surface area contributed by atoms with Gasteiger partial charge in [-0.25, -0.2) is 14.4 Å². The molecule has 1 aromatic carbocycles. The molecule has 2 aliphatic heterocycles. The van der Waals surface area contributed by atoms with E-state index in [9.17, 15) is 13.9 Å². The minimum atomic E-state index is -1.42. The molecule has 0 amide bonds. The maximum atomic E-state index is 14.6. The summed E-state index contributed by atoms with van der Waals surface area (Å²) in [5.74, 6) is -3.74. The summed E-state index contributed by atoms with van der Waals surface area (Å²) in [6.07, 6.45) is -1.15. The van der Waals surface area contributed by atoms with Gasteiger partial charge < -0.3 is 33.4 Å². The van der Waals surface area contributed by atoms with Crippen LogP contribution in [0, 0.1) is 18.6 Å². The van der Waals surface area contributed by atoms with Gasteiger partial charge in [0.15, 0.2) is 30.4 Å². The molecule has 9 nitrogen and oxygen atoms in total. The van der Waals surface area contributed by atoms with Crippen molar-refractivity contribution in [1.29, 1.82) is 0 Å². The molecule has 0 saturated carbocycles. The second-order valence-electron chi connectivity index (χ2n) is 8.75. The number of aromatic nitrogens is 3. The predicted octanol–water partition coefficient (Wildman–Crippen LogP) is 3.15. The highest BCUT2D eigenvalue weighted by molar-refractivity contribution is 5.78. The molecule has 5 atom stereocenters. The fraction of sp³-hybridized carbons (Fsp3) is 0.478. The lowest BCUT2D eigenvalue weighted by Gasteiger charge is -2.28. The van der Waals surface area contributed by atoms with Gasteiger partial charge in [0.2, 0.25) is 5.82 Å². The Labute approximate surface area is 194 Å². The molecule has 0 radical (unpaired) electrons. The van der Waals surface area contributed by atoms with Gasteiger partial charge in [-0.2, -0.15) is 4.39 Å². The minimum Gasteiger partial charge on any atom is -0.464 e. The Bertz CT molecular complexity index is 1220. The molecule has 3 aromatic rings. The number of hydrogen-bond donors (Lipinski definition) is 1. The molecule has 2 fully saturated rings. The van der Waals surface area contributed by atoms with Gasteiger partial charge in [0.25, 0.3) is 0 Å². The Kier molecular flexibility index (Phi) is 5.77. The van der Waals surface area contributed by atoms with Crippen LogP contribution >= 0.6 is 0 Å². The number of aliphatic hydroxyl groups excluding tert-OH is 1. The van der Waals surface area contributed by atoms with Crippen molar-refractivity contribution in [3.8, 4) is 5.75 Å². The number of rotatable bonds is 6. The lowest BCUT2D eigenvalue weighted by molar-refractivity contribution is -0.207. The maximum absolute atomic E-state index is 14.6. The first-order valence-corrected chi connectivity index (χ1v) is 10.8. The number of ether oxygens (including phenoxy) is 5. The molecule has 0 spiro atoms. The molecule has 182 valence electrons. The number of nitrogens with zero attached hydrogens (tertiary/aromatic N) is 3. The first-order chi connectivity index (χ1) is 16.2. The molecular weight excluding hydrogens is 452 g/mol.